The van der Waals surface area contributed by atoms with E-state index in [1.807, 2.05) is 0 Å². The first-order chi connectivity index (χ1) is 8.63. The number of fused-ring (bicyclic) bond motifs is 2. The van der Waals surface area contributed by atoms with Crippen LogP contribution in [0, 0.1) is 17.3 Å². The average molecular weight is 251 g/mol. The van der Waals surface area contributed by atoms with Gasteiger partial charge in [0, 0.05) is 30.8 Å². The van der Waals surface area contributed by atoms with Crippen LogP contribution in [0.4, 0.5) is 0 Å². The third-order valence-electron chi connectivity index (χ3n) is 5.57. The van der Waals surface area contributed by atoms with Crippen LogP contribution in [0.25, 0.3) is 0 Å². The molecule has 1 heterocycles. The number of hydrogen-bond acceptors (Lipinski definition) is 3. The van der Waals surface area contributed by atoms with Gasteiger partial charge in [0.2, 0.25) is 0 Å². The van der Waals surface area contributed by atoms with Gasteiger partial charge in [-0.25, -0.2) is 0 Å². The summed E-state index contributed by atoms with van der Waals surface area (Å²) in [5, 5.41) is 10.5. The molecule has 3 heteroatoms. The van der Waals surface area contributed by atoms with E-state index in [2.05, 4.69) is 11.9 Å². The van der Waals surface area contributed by atoms with Gasteiger partial charge in [-0.15, -0.1) is 0 Å². The highest BCUT2D eigenvalue weighted by molar-refractivity contribution is 5.86. The molecule has 0 aromatic rings. The van der Waals surface area contributed by atoms with Crippen molar-refractivity contribution in [2.75, 3.05) is 20.1 Å². The minimum absolute atomic E-state index is 0.213. The van der Waals surface area contributed by atoms with E-state index >= 15 is 0 Å². The predicted molar refractivity (Wildman–Crippen MR) is 70.2 cm³/mol. The van der Waals surface area contributed by atoms with E-state index in [1.54, 1.807) is 0 Å². The molecular formula is C15H25NO2. The van der Waals surface area contributed by atoms with Gasteiger partial charge in [0.15, 0.2) is 0 Å². The summed E-state index contributed by atoms with van der Waals surface area (Å²) in [6.45, 7) is 1.95. The number of aliphatic hydroxyl groups is 1. The number of carbonyl (C=O) groups is 1. The number of Topliss-reactive ketones (excluding diaryl/α,β-unsaturated/α-hetero) is 1. The summed E-state index contributed by atoms with van der Waals surface area (Å²) in [6, 6.07) is 0. The molecule has 0 radical (unpaired) electrons. The SMILES string of the molecule is CN1C[C@@H]2CCC[C@H](O)[C@H]2[C@]2(CCCCC2=O)C1. The van der Waals surface area contributed by atoms with E-state index in [4.69, 9.17) is 0 Å². The molecule has 3 rings (SSSR count). The summed E-state index contributed by atoms with van der Waals surface area (Å²) in [5.74, 6) is 1.22. The highest BCUT2D eigenvalue weighted by atomic mass is 16.3. The molecule has 3 aliphatic rings. The minimum Gasteiger partial charge on any atom is -0.393 e. The number of likely N-dealkylation sites (tertiary alicyclic amines) is 1. The lowest BCUT2D eigenvalue weighted by Crippen LogP contribution is -2.61. The van der Waals surface area contributed by atoms with E-state index in [9.17, 15) is 9.90 Å². The number of nitrogens with zero attached hydrogens (tertiary/aromatic N) is 1. The summed E-state index contributed by atoms with van der Waals surface area (Å²) in [4.78, 5) is 14.9. The number of hydrogen-bond donors (Lipinski definition) is 1. The van der Waals surface area contributed by atoms with E-state index in [1.165, 1.54) is 6.42 Å². The van der Waals surface area contributed by atoms with Gasteiger partial charge in [-0.05, 0) is 38.6 Å². The molecule has 4 atom stereocenters. The molecule has 2 aliphatic carbocycles. The molecule has 1 N–H and O–H groups in total. The van der Waals surface area contributed by atoms with Crippen LogP contribution in [-0.2, 0) is 4.79 Å². The number of rotatable bonds is 0. The van der Waals surface area contributed by atoms with E-state index < -0.39 is 0 Å². The summed E-state index contributed by atoms with van der Waals surface area (Å²) in [5.41, 5.74) is -0.213. The van der Waals surface area contributed by atoms with Crippen LogP contribution >= 0.6 is 0 Å². The Labute approximate surface area is 110 Å². The van der Waals surface area contributed by atoms with Crippen LogP contribution in [0.1, 0.15) is 44.9 Å². The quantitative estimate of drug-likeness (QED) is 0.714. The zero-order chi connectivity index (χ0) is 12.8. The van der Waals surface area contributed by atoms with Crippen LogP contribution in [0.5, 0.6) is 0 Å². The van der Waals surface area contributed by atoms with Crippen molar-refractivity contribution in [1.29, 1.82) is 0 Å². The van der Waals surface area contributed by atoms with Crippen molar-refractivity contribution in [2.45, 2.75) is 51.0 Å². The van der Waals surface area contributed by atoms with Crippen molar-refractivity contribution in [2.24, 2.45) is 17.3 Å². The Hall–Kier alpha value is -0.410. The molecule has 0 bridgehead atoms. The van der Waals surface area contributed by atoms with Gasteiger partial charge in [0.25, 0.3) is 0 Å². The lowest BCUT2D eigenvalue weighted by molar-refractivity contribution is -0.156. The molecule has 18 heavy (non-hydrogen) atoms. The second-order valence-electron chi connectivity index (χ2n) is 6.77. The molecule has 1 aliphatic heterocycles. The Morgan fingerprint density at radius 1 is 1.28 bits per heavy atom. The van der Waals surface area contributed by atoms with Crippen LogP contribution in [0.3, 0.4) is 0 Å². The highest BCUT2D eigenvalue weighted by Gasteiger charge is 2.55. The van der Waals surface area contributed by atoms with Gasteiger partial charge in [-0.1, -0.05) is 12.8 Å². The molecule has 102 valence electrons. The van der Waals surface area contributed by atoms with Gasteiger partial charge >= 0.3 is 0 Å². The summed E-state index contributed by atoms with van der Waals surface area (Å²) in [6.07, 6.45) is 6.95. The molecule has 0 aromatic heterocycles. The Kier molecular flexibility index (Phi) is 3.23. The van der Waals surface area contributed by atoms with Crippen molar-refractivity contribution in [3.8, 4) is 0 Å². The Balaban J connectivity index is 1.95. The van der Waals surface area contributed by atoms with E-state index in [0.29, 0.717) is 11.7 Å². The Bertz CT molecular complexity index is 343. The van der Waals surface area contributed by atoms with Crippen molar-refractivity contribution in [3.05, 3.63) is 0 Å². The van der Waals surface area contributed by atoms with Gasteiger partial charge in [-0.3, -0.25) is 4.79 Å². The molecular weight excluding hydrogens is 226 g/mol. The van der Waals surface area contributed by atoms with Crippen LogP contribution in [0.2, 0.25) is 0 Å². The monoisotopic (exact) mass is 251 g/mol. The zero-order valence-electron chi connectivity index (χ0n) is 11.4. The third-order valence-corrected chi connectivity index (χ3v) is 5.57. The number of ketones is 1. The topological polar surface area (TPSA) is 40.5 Å². The maximum Gasteiger partial charge on any atom is 0.140 e. The van der Waals surface area contributed by atoms with E-state index in [-0.39, 0.29) is 17.4 Å². The molecule has 1 saturated heterocycles. The number of carbonyl (C=O) groups excluding carboxylic acids is 1. The van der Waals surface area contributed by atoms with Gasteiger partial charge < -0.3 is 10.0 Å². The number of piperidine rings is 1. The lowest BCUT2D eigenvalue weighted by Gasteiger charge is -2.55. The zero-order valence-corrected chi connectivity index (χ0v) is 11.4. The standard InChI is InChI=1S/C15H25NO2/c1-16-9-11-5-4-6-12(17)14(11)15(10-16)8-3-2-7-13(15)18/h11-12,14,17H,2-10H2,1H3/t11-,12-,14-,15+/m0/s1. The predicted octanol–water partition coefficient (Wildman–Crippen LogP) is 1.84. The first kappa shape index (κ1) is 12.6. The first-order valence-electron chi connectivity index (χ1n) is 7.53. The molecule has 2 saturated carbocycles. The van der Waals surface area contributed by atoms with Crippen LogP contribution in [-0.4, -0.2) is 42.0 Å². The van der Waals surface area contributed by atoms with Crippen molar-refractivity contribution < 1.29 is 9.90 Å². The van der Waals surface area contributed by atoms with Crippen molar-refractivity contribution >= 4 is 5.78 Å². The number of aliphatic hydroxyl groups excluding tert-OH is 1. The molecule has 1 spiro atoms. The summed E-state index contributed by atoms with van der Waals surface area (Å²) < 4.78 is 0. The largest absolute Gasteiger partial charge is 0.393 e. The Morgan fingerprint density at radius 3 is 2.89 bits per heavy atom. The fourth-order valence-electron chi connectivity index (χ4n) is 4.97. The highest BCUT2D eigenvalue weighted by Crippen LogP contribution is 2.51. The lowest BCUT2D eigenvalue weighted by atomic mass is 9.55. The minimum atomic E-state index is -0.237. The van der Waals surface area contributed by atoms with Gasteiger partial charge in [-0.2, -0.15) is 0 Å². The van der Waals surface area contributed by atoms with Gasteiger partial charge in [0.05, 0.1) is 6.10 Å². The van der Waals surface area contributed by atoms with Gasteiger partial charge in [0.1, 0.15) is 5.78 Å². The van der Waals surface area contributed by atoms with Crippen molar-refractivity contribution in [1.82, 2.24) is 4.90 Å². The molecule has 3 nitrogen and oxygen atoms in total. The molecule has 3 fully saturated rings. The Morgan fingerprint density at radius 2 is 2.11 bits per heavy atom. The first-order valence-corrected chi connectivity index (χ1v) is 7.53. The van der Waals surface area contributed by atoms with Crippen LogP contribution < -0.4 is 0 Å². The van der Waals surface area contributed by atoms with Crippen molar-refractivity contribution in [3.63, 3.8) is 0 Å². The molecule has 0 aromatic carbocycles. The second kappa shape index (κ2) is 4.61. The second-order valence-corrected chi connectivity index (χ2v) is 6.77. The average Bonchev–Trinajstić information content (AvgIpc) is 2.32. The fraction of sp³-hybridized carbons (Fsp3) is 0.933. The third kappa shape index (κ3) is 1.83. The summed E-state index contributed by atoms with van der Waals surface area (Å²) >= 11 is 0. The fourth-order valence-corrected chi connectivity index (χ4v) is 4.97. The summed E-state index contributed by atoms with van der Waals surface area (Å²) in [7, 11) is 2.14. The maximum atomic E-state index is 12.6. The van der Waals surface area contributed by atoms with E-state index in [0.717, 1.165) is 51.6 Å². The molecule has 0 unspecified atom stereocenters. The normalized spacial score (nSPS) is 46.1. The van der Waals surface area contributed by atoms with Crippen LogP contribution in [0.15, 0.2) is 0 Å². The maximum absolute atomic E-state index is 12.6. The molecule has 0 amide bonds. The smallest absolute Gasteiger partial charge is 0.140 e.